The van der Waals surface area contributed by atoms with E-state index in [-0.39, 0.29) is 22.4 Å². The van der Waals surface area contributed by atoms with Crippen LogP contribution in [0.2, 0.25) is 0 Å². The van der Waals surface area contributed by atoms with Gasteiger partial charge in [-0.1, -0.05) is 6.07 Å². The van der Waals surface area contributed by atoms with Gasteiger partial charge in [0.15, 0.2) is 0 Å². The zero-order valence-electron chi connectivity index (χ0n) is 11.2. The number of halogens is 1. The quantitative estimate of drug-likeness (QED) is 0.840. The lowest BCUT2D eigenvalue weighted by atomic mass is 10.0. The molecule has 0 heterocycles. The van der Waals surface area contributed by atoms with Crippen molar-refractivity contribution in [2.24, 2.45) is 17.1 Å². The van der Waals surface area contributed by atoms with E-state index in [1.807, 2.05) is 0 Å². The van der Waals surface area contributed by atoms with Crippen LogP contribution in [0.3, 0.4) is 0 Å². The second-order valence-electron chi connectivity index (χ2n) is 5.88. The number of nitrogens with two attached hydrogens (primary N) is 1. The smallest absolute Gasteiger partial charge is 0.241 e. The molecule has 0 spiro atoms. The summed E-state index contributed by atoms with van der Waals surface area (Å²) in [5, 5.41) is 0. The van der Waals surface area contributed by atoms with E-state index in [0.29, 0.717) is 12.5 Å². The fraction of sp³-hybridized carbons (Fsp3) is 0.571. The molecule has 0 radical (unpaired) electrons. The fourth-order valence-corrected chi connectivity index (χ4v) is 4.29. The Morgan fingerprint density at radius 1 is 1.35 bits per heavy atom. The van der Waals surface area contributed by atoms with Gasteiger partial charge in [0.2, 0.25) is 10.0 Å². The zero-order chi connectivity index (χ0) is 14.4. The Morgan fingerprint density at radius 3 is 2.60 bits per heavy atom. The van der Waals surface area contributed by atoms with Crippen LogP contribution in [0.25, 0.3) is 0 Å². The van der Waals surface area contributed by atoms with Crippen molar-refractivity contribution in [2.75, 3.05) is 6.54 Å². The number of nitrogens with one attached hydrogen (secondary N) is 1. The number of hydrogen-bond donors (Lipinski definition) is 2. The molecule has 110 valence electrons. The molecule has 1 aromatic rings. The molecule has 3 rings (SSSR count). The maximum Gasteiger partial charge on any atom is 0.241 e. The van der Waals surface area contributed by atoms with Gasteiger partial charge >= 0.3 is 0 Å². The van der Waals surface area contributed by atoms with Crippen LogP contribution >= 0.6 is 0 Å². The van der Waals surface area contributed by atoms with Gasteiger partial charge in [0.1, 0.15) is 5.82 Å². The van der Waals surface area contributed by atoms with E-state index < -0.39 is 15.8 Å². The summed E-state index contributed by atoms with van der Waals surface area (Å²) < 4.78 is 41.0. The van der Waals surface area contributed by atoms with Crippen molar-refractivity contribution in [1.82, 2.24) is 4.72 Å². The van der Waals surface area contributed by atoms with Crippen LogP contribution in [-0.2, 0) is 16.6 Å². The number of benzene rings is 1. The van der Waals surface area contributed by atoms with E-state index in [4.69, 9.17) is 5.73 Å². The summed E-state index contributed by atoms with van der Waals surface area (Å²) in [6.07, 6.45) is 4.59. The molecular weight excluding hydrogens is 279 g/mol. The monoisotopic (exact) mass is 298 g/mol. The maximum atomic E-state index is 13.6. The topological polar surface area (TPSA) is 72.2 Å². The van der Waals surface area contributed by atoms with Crippen molar-refractivity contribution in [2.45, 2.75) is 37.1 Å². The van der Waals surface area contributed by atoms with Crippen LogP contribution in [0.5, 0.6) is 0 Å². The van der Waals surface area contributed by atoms with Crippen molar-refractivity contribution in [3.63, 3.8) is 0 Å². The first-order valence-electron chi connectivity index (χ1n) is 6.96. The van der Waals surface area contributed by atoms with Gasteiger partial charge in [-0.2, -0.15) is 0 Å². The van der Waals surface area contributed by atoms with Crippen LogP contribution in [0.4, 0.5) is 4.39 Å². The van der Waals surface area contributed by atoms with E-state index in [2.05, 4.69) is 4.72 Å². The zero-order valence-corrected chi connectivity index (χ0v) is 12.0. The highest BCUT2D eigenvalue weighted by atomic mass is 32.2. The SMILES string of the molecule is NCc1c(F)cccc1S(=O)(=O)NCC1(C2CC2)CC1. The Bertz CT molecular complexity index is 622. The number of rotatable bonds is 6. The van der Waals surface area contributed by atoms with E-state index in [1.165, 1.54) is 31.0 Å². The van der Waals surface area contributed by atoms with E-state index in [9.17, 15) is 12.8 Å². The minimum Gasteiger partial charge on any atom is -0.326 e. The largest absolute Gasteiger partial charge is 0.326 e. The average Bonchev–Trinajstić information content (AvgIpc) is 3.28. The van der Waals surface area contributed by atoms with Crippen molar-refractivity contribution in [1.29, 1.82) is 0 Å². The molecular formula is C14H19FN2O2S. The van der Waals surface area contributed by atoms with Gasteiger partial charge in [-0.25, -0.2) is 17.5 Å². The molecule has 20 heavy (non-hydrogen) atoms. The molecule has 0 amide bonds. The summed E-state index contributed by atoms with van der Waals surface area (Å²) in [6.45, 7) is 0.331. The summed E-state index contributed by atoms with van der Waals surface area (Å²) >= 11 is 0. The molecule has 0 aromatic heterocycles. The van der Waals surface area contributed by atoms with Gasteiger partial charge in [0.25, 0.3) is 0 Å². The second kappa shape index (κ2) is 4.79. The summed E-state index contributed by atoms with van der Waals surface area (Å²) in [4.78, 5) is -0.0356. The lowest BCUT2D eigenvalue weighted by Gasteiger charge is -2.16. The van der Waals surface area contributed by atoms with Crippen molar-refractivity contribution >= 4 is 10.0 Å². The molecule has 0 aliphatic heterocycles. The Hall–Kier alpha value is -0.980. The highest BCUT2D eigenvalue weighted by Gasteiger charge is 2.53. The van der Waals surface area contributed by atoms with Gasteiger partial charge in [-0.05, 0) is 49.1 Å². The standard InChI is InChI=1S/C14H19FN2O2S/c15-12-2-1-3-13(11(12)8-16)20(18,19)17-9-14(6-7-14)10-4-5-10/h1-3,10,17H,4-9,16H2. The maximum absolute atomic E-state index is 13.6. The Balaban J connectivity index is 1.80. The van der Waals surface area contributed by atoms with Gasteiger partial charge in [-0.3, -0.25) is 0 Å². The molecule has 0 bridgehead atoms. The summed E-state index contributed by atoms with van der Waals surface area (Å²) in [6, 6.07) is 4.04. The highest BCUT2D eigenvalue weighted by Crippen LogP contribution is 2.60. The van der Waals surface area contributed by atoms with Crippen LogP contribution in [-0.4, -0.2) is 15.0 Å². The van der Waals surface area contributed by atoms with Crippen molar-refractivity contribution < 1.29 is 12.8 Å². The molecule has 0 unspecified atom stereocenters. The molecule has 2 saturated carbocycles. The number of sulfonamides is 1. The summed E-state index contributed by atoms with van der Waals surface area (Å²) in [7, 11) is -3.69. The minimum atomic E-state index is -3.69. The molecule has 1 aromatic carbocycles. The Labute approximate surface area is 118 Å². The first-order chi connectivity index (χ1) is 9.48. The summed E-state index contributed by atoms with van der Waals surface area (Å²) in [5.74, 6) is 0.102. The molecule has 0 atom stereocenters. The third kappa shape index (κ3) is 2.47. The molecule has 4 nitrogen and oxygen atoms in total. The van der Waals surface area contributed by atoms with Crippen LogP contribution in [0, 0.1) is 17.2 Å². The minimum absolute atomic E-state index is 0.0356. The number of hydrogen-bond acceptors (Lipinski definition) is 3. The third-order valence-electron chi connectivity index (χ3n) is 4.52. The Kier molecular flexibility index (Phi) is 3.35. The van der Waals surface area contributed by atoms with Gasteiger partial charge < -0.3 is 5.73 Å². The highest BCUT2D eigenvalue weighted by molar-refractivity contribution is 7.89. The normalized spacial score (nSPS) is 20.9. The first kappa shape index (κ1) is 14.0. The van der Waals surface area contributed by atoms with E-state index in [0.717, 1.165) is 12.8 Å². The van der Waals surface area contributed by atoms with Crippen molar-refractivity contribution in [3.05, 3.63) is 29.6 Å². The fourth-order valence-electron chi connectivity index (χ4n) is 2.89. The predicted molar refractivity (Wildman–Crippen MR) is 73.9 cm³/mol. The van der Waals surface area contributed by atoms with Gasteiger partial charge in [0.05, 0.1) is 4.90 Å². The Morgan fingerprint density at radius 2 is 2.05 bits per heavy atom. The predicted octanol–water partition coefficient (Wildman–Crippen LogP) is 1.75. The lowest BCUT2D eigenvalue weighted by Crippen LogP contribution is -2.32. The lowest BCUT2D eigenvalue weighted by molar-refractivity contribution is 0.431. The van der Waals surface area contributed by atoms with Crippen LogP contribution < -0.4 is 10.5 Å². The molecule has 6 heteroatoms. The molecule has 2 aliphatic carbocycles. The molecule has 2 aliphatic rings. The van der Waals surface area contributed by atoms with Crippen LogP contribution in [0.1, 0.15) is 31.2 Å². The summed E-state index contributed by atoms with van der Waals surface area (Å²) in [5.41, 5.74) is 5.69. The van der Waals surface area contributed by atoms with Gasteiger partial charge in [-0.15, -0.1) is 0 Å². The molecule has 2 fully saturated rings. The first-order valence-corrected chi connectivity index (χ1v) is 8.44. The second-order valence-corrected chi connectivity index (χ2v) is 7.62. The molecule has 3 N–H and O–H groups in total. The van der Waals surface area contributed by atoms with E-state index >= 15 is 0 Å². The average molecular weight is 298 g/mol. The van der Waals surface area contributed by atoms with Gasteiger partial charge in [0, 0.05) is 18.7 Å². The van der Waals surface area contributed by atoms with E-state index in [1.54, 1.807) is 0 Å². The third-order valence-corrected chi connectivity index (χ3v) is 6.01. The van der Waals surface area contributed by atoms with Crippen molar-refractivity contribution in [3.8, 4) is 0 Å². The molecule has 0 saturated heterocycles. The van der Waals surface area contributed by atoms with Crippen LogP contribution in [0.15, 0.2) is 23.1 Å².